The van der Waals surface area contributed by atoms with E-state index in [9.17, 15) is 18.3 Å². The van der Waals surface area contributed by atoms with Crippen LogP contribution >= 0.6 is 0 Å². The number of rotatable bonds is 9. The summed E-state index contributed by atoms with van der Waals surface area (Å²) in [6.45, 7) is 4.03. The van der Waals surface area contributed by atoms with Crippen LogP contribution in [0.15, 0.2) is 12.7 Å². The number of hydrogen-bond donors (Lipinski definition) is 1. The number of quaternary nitrogens is 1. The lowest BCUT2D eigenvalue weighted by Gasteiger charge is -2.23. The molecular weight excluding hydrogens is 274 g/mol. The summed E-state index contributed by atoms with van der Waals surface area (Å²) in [6.07, 6.45) is 0.897. The number of carbonyl (C=O) groups is 1. The minimum Gasteiger partial charge on any atom is -0.379 e. The molecule has 1 unspecified atom stereocenters. The Morgan fingerprint density at radius 1 is 1.37 bits per heavy atom. The van der Waals surface area contributed by atoms with Crippen LogP contribution in [0.2, 0.25) is 0 Å². The maximum Gasteiger partial charge on any atom is 0.400 e. The third-order valence-corrected chi connectivity index (χ3v) is 3.05. The van der Waals surface area contributed by atoms with Crippen molar-refractivity contribution < 1.29 is 31.2 Å². The van der Waals surface area contributed by atoms with Crippen LogP contribution in [0, 0.1) is 0 Å². The highest BCUT2D eigenvalue weighted by molar-refractivity contribution is 7.81. The summed E-state index contributed by atoms with van der Waals surface area (Å²) in [5, 5.41) is 9.63. The SMILES string of the molecule is C=CC(=O)C(C)(O)COS(=O)(=O)OCC[N+](C)(C)C. The van der Waals surface area contributed by atoms with E-state index in [0.29, 0.717) is 11.0 Å². The Bertz CT molecular complexity index is 421. The van der Waals surface area contributed by atoms with Crippen molar-refractivity contribution in [3.05, 3.63) is 12.7 Å². The molecule has 112 valence electrons. The Hall–Kier alpha value is -0.800. The lowest BCUT2D eigenvalue weighted by molar-refractivity contribution is -0.870. The third-order valence-electron chi connectivity index (χ3n) is 2.19. The molecular formula is C11H22NO6S+. The Kier molecular flexibility index (Phi) is 6.30. The van der Waals surface area contributed by atoms with Gasteiger partial charge in [0.15, 0.2) is 5.78 Å². The molecule has 0 fully saturated rings. The van der Waals surface area contributed by atoms with E-state index in [0.717, 1.165) is 13.0 Å². The zero-order valence-corrected chi connectivity index (χ0v) is 12.6. The second-order valence-electron chi connectivity index (χ2n) is 5.35. The van der Waals surface area contributed by atoms with Gasteiger partial charge in [0.2, 0.25) is 0 Å². The van der Waals surface area contributed by atoms with E-state index in [2.05, 4.69) is 14.9 Å². The standard InChI is InChI=1S/C11H22NO6S/c1-6-10(13)11(2,14)9-18-19(15,16)17-8-7-12(3,4)5/h6,14H,1,7-9H2,2-5H3/q+1. The summed E-state index contributed by atoms with van der Waals surface area (Å²) < 4.78 is 32.3. The monoisotopic (exact) mass is 296 g/mol. The summed E-state index contributed by atoms with van der Waals surface area (Å²) >= 11 is 0. The number of likely N-dealkylation sites (N-methyl/N-ethyl adjacent to an activating group) is 1. The average molecular weight is 296 g/mol. The molecule has 1 atom stereocenters. The Morgan fingerprint density at radius 2 is 1.89 bits per heavy atom. The smallest absolute Gasteiger partial charge is 0.379 e. The van der Waals surface area contributed by atoms with Crippen molar-refractivity contribution in [3.63, 3.8) is 0 Å². The molecule has 0 aliphatic carbocycles. The molecule has 8 heteroatoms. The van der Waals surface area contributed by atoms with Gasteiger partial charge in [-0.15, -0.1) is 0 Å². The number of hydrogen-bond acceptors (Lipinski definition) is 6. The lowest BCUT2D eigenvalue weighted by Crippen LogP contribution is -2.40. The summed E-state index contributed by atoms with van der Waals surface area (Å²) in [4.78, 5) is 11.2. The second kappa shape index (κ2) is 6.58. The summed E-state index contributed by atoms with van der Waals surface area (Å²) in [6, 6.07) is 0. The molecule has 1 N–H and O–H groups in total. The normalized spacial score (nSPS) is 15.8. The first-order valence-corrected chi connectivity index (χ1v) is 6.96. The van der Waals surface area contributed by atoms with Gasteiger partial charge in [0.1, 0.15) is 25.4 Å². The molecule has 0 amide bonds. The molecule has 0 aliphatic heterocycles. The maximum absolute atomic E-state index is 11.4. The van der Waals surface area contributed by atoms with Gasteiger partial charge >= 0.3 is 10.4 Å². The first kappa shape index (κ1) is 18.2. The van der Waals surface area contributed by atoms with Crippen molar-refractivity contribution in [1.29, 1.82) is 0 Å². The van der Waals surface area contributed by atoms with Crippen molar-refractivity contribution in [3.8, 4) is 0 Å². The molecule has 0 aromatic carbocycles. The van der Waals surface area contributed by atoms with Gasteiger partial charge in [-0.2, -0.15) is 8.42 Å². The van der Waals surface area contributed by atoms with Crippen LogP contribution in [0.3, 0.4) is 0 Å². The number of nitrogens with zero attached hydrogens (tertiary/aromatic N) is 1. The van der Waals surface area contributed by atoms with E-state index in [4.69, 9.17) is 0 Å². The molecule has 19 heavy (non-hydrogen) atoms. The maximum atomic E-state index is 11.4. The molecule has 0 aromatic rings. The largest absolute Gasteiger partial charge is 0.400 e. The highest BCUT2D eigenvalue weighted by Crippen LogP contribution is 2.09. The fourth-order valence-corrected chi connectivity index (χ4v) is 1.65. The molecule has 0 rings (SSSR count). The minimum absolute atomic E-state index is 0.0522. The molecule has 0 aromatic heterocycles. The van der Waals surface area contributed by atoms with Crippen LogP contribution < -0.4 is 0 Å². The van der Waals surface area contributed by atoms with Gasteiger partial charge in [0, 0.05) is 0 Å². The van der Waals surface area contributed by atoms with Crippen LogP contribution in [0.5, 0.6) is 0 Å². The molecule has 7 nitrogen and oxygen atoms in total. The van der Waals surface area contributed by atoms with E-state index in [1.54, 1.807) is 0 Å². The molecule has 0 radical (unpaired) electrons. The highest BCUT2D eigenvalue weighted by atomic mass is 32.3. The quantitative estimate of drug-likeness (QED) is 0.455. The Balaban J connectivity index is 4.32. The fraction of sp³-hybridized carbons (Fsp3) is 0.727. The van der Waals surface area contributed by atoms with Gasteiger partial charge < -0.3 is 9.59 Å². The predicted octanol–water partition coefficient (Wildman–Crippen LogP) is -0.523. The summed E-state index contributed by atoms with van der Waals surface area (Å²) in [7, 11) is 1.40. The van der Waals surface area contributed by atoms with Gasteiger partial charge in [-0.3, -0.25) is 4.79 Å². The van der Waals surface area contributed by atoms with E-state index >= 15 is 0 Å². The third kappa shape index (κ3) is 8.06. The summed E-state index contributed by atoms with van der Waals surface area (Å²) in [5.41, 5.74) is -1.95. The first-order valence-electron chi connectivity index (χ1n) is 5.63. The van der Waals surface area contributed by atoms with Gasteiger partial charge in [-0.05, 0) is 13.0 Å². The van der Waals surface area contributed by atoms with Crippen molar-refractivity contribution in [1.82, 2.24) is 0 Å². The van der Waals surface area contributed by atoms with Crippen LogP contribution in [0.4, 0.5) is 0 Å². The minimum atomic E-state index is -4.24. The van der Waals surface area contributed by atoms with Gasteiger partial charge in [0.05, 0.1) is 21.1 Å². The topological polar surface area (TPSA) is 89.9 Å². The average Bonchev–Trinajstić information content (AvgIpc) is 2.23. The van der Waals surface area contributed by atoms with E-state index in [1.165, 1.54) is 0 Å². The molecule has 0 aliphatic rings. The number of carbonyl (C=O) groups excluding carboxylic acids is 1. The lowest BCUT2D eigenvalue weighted by atomic mass is 10.0. The zero-order valence-electron chi connectivity index (χ0n) is 11.7. The van der Waals surface area contributed by atoms with Crippen LogP contribution in [0.1, 0.15) is 6.92 Å². The molecule has 0 spiro atoms. The first-order chi connectivity index (χ1) is 8.40. The van der Waals surface area contributed by atoms with Crippen LogP contribution in [-0.2, 0) is 23.6 Å². The van der Waals surface area contributed by atoms with Crippen molar-refractivity contribution in [2.24, 2.45) is 0 Å². The molecule has 0 saturated heterocycles. The van der Waals surface area contributed by atoms with Gasteiger partial charge in [-0.25, -0.2) is 8.37 Å². The molecule has 0 saturated carbocycles. The second-order valence-corrected chi connectivity index (χ2v) is 6.64. The molecule has 0 bridgehead atoms. The van der Waals surface area contributed by atoms with E-state index in [-0.39, 0.29) is 6.61 Å². The zero-order chi connectivity index (χ0) is 15.3. The Labute approximate surface area is 114 Å². The molecule has 0 heterocycles. The highest BCUT2D eigenvalue weighted by Gasteiger charge is 2.31. The van der Waals surface area contributed by atoms with Gasteiger partial charge in [-0.1, -0.05) is 6.58 Å². The van der Waals surface area contributed by atoms with Crippen molar-refractivity contribution in [2.75, 3.05) is 40.9 Å². The summed E-state index contributed by atoms with van der Waals surface area (Å²) in [5.74, 6) is -0.728. The Morgan fingerprint density at radius 3 is 2.32 bits per heavy atom. The number of aliphatic hydroxyl groups is 1. The van der Waals surface area contributed by atoms with E-state index < -0.39 is 28.4 Å². The van der Waals surface area contributed by atoms with Gasteiger partial charge in [0.25, 0.3) is 0 Å². The van der Waals surface area contributed by atoms with E-state index in [1.807, 2.05) is 21.1 Å². The predicted molar refractivity (Wildman–Crippen MR) is 69.6 cm³/mol. The fourth-order valence-electron chi connectivity index (χ4n) is 0.925. The van der Waals surface area contributed by atoms with Crippen molar-refractivity contribution in [2.45, 2.75) is 12.5 Å². The van der Waals surface area contributed by atoms with Crippen molar-refractivity contribution >= 4 is 16.2 Å². The van der Waals surface area contributed by atoms with Crippen LogP contribution in [0.25, 0.3) is 0 Å². The number of ketones is 1. The van der Waals surface area contributed by atoms with Crippen LogP contribution in [-0.4, -0.2) is 70.3 Å².